The molecule has 0 fully saturated rings. The Morgan fingerprint density at radius 3 is 2.35 bits per heavy atom. The average Bonchev–Trinajstić information content (AvgIpc) is 2.62. The number of benzene rings is 2. The van der Waals surface area contributed by atoms with Gasteiger partial charge in [0.2, 0.25) is 5.91 Å². The van der Waals surface area contributed by atoms with E-state index in [-0.39, 0.29) is 12.3 Å². The Labute approximate surface area is 149 Å². The number of aromatic nitrogens is 1. The highest BCUT2D eigenvalue weighted by molar-refractivity contribution is 5.91. The molecule has 0 aliphatic rings. The first kappa shape index (κ1) is 17.5. The highest BCUT2D eigenvalue weighted by Crippen LogP contribution is 2.19. The molecular formula is C20H17F2N3O. The van der Waals surface area contributed by atoms with Crippen LogP contribution in [0.3, 0.4) is 0 Å². The lowest BCUT2D eigenvalue weighted by Crippen LogP contribution is -2.15. The number of amides is 1. The smallest absolute Gasteiger partial charge is 0.229 e. The topological polar surface area (TPSA) is 54.0 Å². The van der Waals surface area contributed by atoms with E-state index in [1.54, 1.807) is 12.1 Å². The zero-order chi connectivity index (χ0) is 18.5. The van der Waals surface area contributed by atoms with Gasteiger partial charge in [0.1, 0.15) is 5.82 Å². The molecule has 0 radical (unpaired) electrons. The van der Waals surface area contributed by atoms with Crippen molar-refractivity contribution in [3.63, 3.8) is 0 Å². The normalized spacial score (nSPS) is 10.4. The van der Waals surface area contributed by atoms with Gasteiger partial charge < -0.3 is 10.6 Å². The highest BCUT2D eigenvalue weighted by Gasteiger charge is 2.06. The molecule has 132 valence electrons. The summed E-state index contributed by atoms with van der Waals surface area (Å²) in [5.74, 6) is -1.58. The lowest BCUT2D eigenvalue weighted by Gasteiger charge is -2.08. The molecule has 6 heteroatoms. The van der Waals surface area contributed by atoms with Crippen LogP contribution in [0.5, 0.6) is 0 Å². The van der Waals surface area contributed by atoms with Crippen molar-refractivity contribution in [2.45, 2.75) is 13.3 Å². The van der Waals surface area contributed by atoms with Crippen LogP contribution in [-0.2, 0) is 11.2 Å². The second-order valence-corrected chi connectivity index (χ2v) is 5.90. The summed E-state index contributed by atoms with van der Waals surface area (Å²) in [5.41, 5.74) is 3.05. The number of pyridine rings is 1. The van der Waals surface area contributed by atoms with Crippen molar-refractivity contribution < 1.29 is 13.6 Å². The molecule has 0 atom stereocenters. The number of aryl methyl sites for hydroxylation is 1. The molecule has 0 aliphatic heterocycles. The Hall–Kier alpha value is -3.28. The summed E-state index contributed by atoms with van der Waals surface area (Å²) in [6.07, 6.45) is 1.76. The van der Waals surface area contributed by atoms with Crippen LogP contribution in [0.25, 0.3) is 0 Å². The second kappa shape index (κ2) is 7.74. The number of nitrogens with zero attached hydrogens (tertiary/aromatic N) is 1. The molecule has 1 aromatic heterocycles. The van der Waals surface area contributed by atoms with Crippen LogP contribution >= 0.6 is 0 Å². The van der Waals surface area contributed by atoms with Gasteiger partial charge in [-0.25, -0.2) is 13.8 Å². The summed E-state index contributed by atoms with van der Waals surface area (Å²) in [4.78, 5) is 16.2. The summed E-state index contributed by atoms with van der Waals surface area (Å²) < 4.78 is 26.1. The third-order valence-corrected chi connectivity index (χ3v) is 3.72. The number of carbonyl (C=O) groups is 1. The minimum Gasteiger partial charge on any atom is -0.354 e. The number of anilines is 3. The molecule has 0 bridgehead atoms. The Morgan fingerprint density at radius 2 is 1.69 bits per heavy atom. The van der Waals surface area contributed by atoms with E-state index in [2.05, 4.69) is 15.6 Å². The second-order valence-electron chi connectivity index (χ2n) is 5.90. The molecule has 4 nitrogen and oxygen atoms in total. The van der Waals surface area contributed by atoms with Gasteiger partial charge >= 0.3 is 0 Å². The molecule has 0 saturated carbocycles. The summed E-state index contributed by atoms with van der Waals surface area (Å²) in [6, 6.07) is 14.6. The van der Waals surface area contributed by atoms with Crippen molar-refractivity contribution in [1.82, 2.24) is 4.98 Å². The van der Waals surface area contributed by atoms with Gasteiger partial charge in [-0.05, 0) is 36.8 Å². The van der Waals surface area contributed by atoms with Gasteiger partial charge in [-0.1, -0.05) is 29.8 Å². The highest BCUT2D eigenvalue weighted by atomic mass is 19.2. The van der Waals surface area contributed by atoms with Crippen molar-refractivity contribution in [2.75, 3.05) is 10.6 Å². The van der Waals surface area contributed by atoms with Crippen LogP contribution in [0.1, 0.15) is 11.1 Å². The fraction of sp³-hybridized carbons (Fsp3) is 0.100. The maximum Gasteiger partial charge on any atom is 0.229 e. The third-order valence-electron chi connectivity index (χ3n) is 3.72. The summed E-state index contributed by atoms with van der Waals surface area (Å²) in [7, 11) is 0. The molecule has 0 saturated heterocycles. The fourth-order valence-electron chi connectivity index (χ4n) is 2.36. The maximum absolute atomic E-state index is 13.2. The van der Waals surface area contributed by atoms with Crippen molar-refractivity contribution in [1.29, 1.82) is 0 Å². The van der Waals surface area contributed by atoms with Crippen LogP contribution in [0.15, 0.2) is 60.8 Å². The van der Waals surface area contributed by atoms with Crippen molar-refractivity contribution >= 4 is 23.1 Å². The van der Waals surface area contributed by atoms with E-state index in [1.165, 1.54) is 12.3 Å². The van der Waals surface area contributed by atoms with E-state index < -0.39 is 11.6 Å². The number of rotatable bonds is 5. The number of nitrogens with one attached hydrogen (secondary N) is 2. The van der Waals surface area contributed by atoms with Crippen molar-refractivity contribution in [3.05, 3.63) is 83.6 Å². The van der Waals surface area contributed by atoms with Crippen LogP contribution < -0.4 is 10.6 Å². The lowest BCUT2D eigenvalue weighted by atomic mass is 10.1. The predicted octanol–water partition coefficient (Wildman–Crippen LogP) is 4.59. The summed E-state index contributed by atoms with van der Waals surface area (Å²) >= 11 is 0. The van der Waals surface area contributed by atoms with Crippen LogP contribution in [0.4, 0.5) is 26.0 Å². The number of halogens is 2. The Kier molecular flexibility index (Phi) is 5.22. The molecular weight excluding hydrogens is 336 g/mol. The van der Waals surface area contributed by atoms with Crippen LogP contribution in [0.2, 0.25) is 0 Å². The molecule has 0 unspecified atom stereocenters. The van der Waals surface area contributed by atoms with Crippen LogP contribution in [0, 0.1) is 18.6 Å². The summed E-state index contributed by atoms with van der Waals surface area (Å²) in [6.45, 7) is 1.99. The predicted molar refractivity (Wildman–Crippen MR) is 97.4 cm³/mol. The standard InChI is InChI=1S/C20H17F2N3O/c1-13-2-4-14(5-3-13)10-20(26)25-19-9-7-16(12-23-19)24-15-6-8-17(21)18(22)11-15/h2-9,11-12,24H,10H2,1H3,(H,23,25,26). The van der Waals surface area contributed by atoms with Gasteiger partial charge in [0.15, 0.2) is 11.6 Å². The minimum absolute atomic E-state index is 0.164. The van der Waals surface area contributed by atoms with Gasteiger partial charge in [-0.2, -0.15) is 0 Å². The summed E-state index contributed by atoms with van der Waals surface area (Å²) in [5, 5.41) is 5.64. The van der Waals surface area contributed by atoms with Gasteiger partial charge in [-0.3, -0.25) is 4.79 Å². The first-order chi connectivity index (χ1) is 12.5. The fourth-order valence-corrected chi connectivity index (χ4v) is 2.36. The van der Waals surface area contributed by atoms with E-state index in [4.69, 9.17) is 0 Å². The molecule has 1 amide bonds. The molecule has 3 aromatic rings. The molecule has 0 aliphatic carbocycles. The number of hydrogen-bond donors (Lipinski definition) is 2. The third kappa shape index (κ3) is 4.63. The number of carbonyl (C=O) groups excluding carboxylic acids is 1. The SMILES string of the molecule is Cc1ccc(CC(=O)Nc2ccc(Nc3ccc(F)c(F)c3)cn2)cc1. The zero-order valence-corrected chi connectivity index (χ0v) is 14.1. The Bertz CT molecular complexity index is 909. The average molecular weight is 353 g/mol. The Balaban J connectivity index is 1.59. The monoisotopic (exact) mass is 353 g/mol. The van der Waals surface area contributed by atoms with Gasteiger partial charge in [0, 0.05) is 11.8 Å². The first-order valence-corrected chi connectivity index (χ1v) is 8.03. The van der Waals surface area contributed by atoms with Gasteiger partial charge in [-0.15, -0.1) is 0 Å². The first-order valence-electron chi connectivity index (χ1n) is 8.03. The van der Waals surface area contributed by atoms with Crippen molar-refractivity contribution in [3.8, 4) is 0 Å². The minimum atomic E-state index is -0.928. The molecule has 3 rings (SSSR count). The van der Waals surface area contributed by atoms with Crippen molar-refractivity contribution in [2.24, 2.45) is 0 Å². The van der Waals surface area contributed by atoms with Gasteiger partial charge in [0.25, 0.3) is 0 Å². The molecule has 1 heterocycles. The van der Waals surface area contributed by atoms with E-state index >= 15 is 0 Å². The van der Waals surface area contributed by atoms with Gasteiger partial charge in [0.05, 0.1) is 18.3 Å². The van der Waals surface area contributed by atoms with E-state index in [9.17, 15) is 13.6 Å². The molecule has 2 aromatic carbocycles. The van der Waals surface area contributed by atoms with E-state index in [0.717, 1.165) is 23.3 Å². The zero-order valence-electron chi connectivity index (χ0n) is 14.1. The Morgan fingerprint density at radius 1 is 0.962 bits per heavy atom. The largest absolute Gasteiger partial charge is 0.354 e. The van der Waals surface area contributed by atoms with E-state index in [0.29, 0.717) is 17.2 Å². The quantitative estimate of drug-likeness (QED) is 0.705. The van der Waals surface area contributed by atoms with Crippen LogP contribution in [-0.4, -0.2) is 10.9 Å². The van der Waals surface area contributed by atoms with E-state index in [1.807, 2.05) is 31.2 Å². The molecule has 0 spiro atoms. The molecule has 26 heavy (non-hydrogen) atoms. The maximum atomic E-state index is 13.2. The number of hydrogen-bond acceptors (Lipinski definition) is 3. The molecule has 2 N–H and O–H groups in total. The lowest BCUT2D eigenvalue weighted by molar-refractivity contribution is -0.115.